The third kappa shape index (κ3) is 2.12. The lowest BCUT2D eigenvalue weighted by Gasteiger charge is -2.00. The molecule has 0 radical (unpaired) electrons. The van der Waals surface area contributed by atoms with Crippen molar-refractivity contribution in [1.29, 1.82) is 0 Å². The molecule has 0 saturated carbocycles. The van der Waals surface area contributed by atoms with Gasteiger partial charge in [-0.3, -0.25) is 0 Å². The van der Waals surface area contributed by atoms with Crippen LogP contribution in [0.1, 0.15) is 11.3 Å². The summed E-state index contributed by atoms with van der Waals surface area (Å²) < 4.78 is 18.2. The normalized spacial score (nSPS) is 10.7. The van der Waals surface area contributed by atoms with E-state index in [1.165, 1.54) is 12.1 Å². The Labute approximate surface area is 93.1 Å². The van der Waals surface area contributed by atoms with Crippen molar-refractivity contribution in [3.8, 4) is 11.3 Å². The minimum Gasteiger partial charge on any atom is -0.361 e. The molecule has 0 spiro atoms. The molecule has 0 aliphatic rings. The van der Waals surface area contributed by atoms with Crippen molar-refractivity contribution in [2.75, 3.05) is 6.54 Å². The lowest BCUT2D eigenvalue weighted by molar-refractivity contribution is 0.386. The zero-order valence-electron chi connectivity index (χ0n) is 9.03. The van der Waals surface area contributed by atoms with E-state index in [0.29, 0.717) is 18.7 Å². The summed E-state index contributed by atoms with van der Waals surface area (Å²) in [5.41, 5.74) is 7.79. The zero-order valence-corrected chi connectivity index (χ0v) is 9.03. The fourth-order valence-corrected chi connectivity index (χ4v) is 1.57. The van der Waals surface area contributed by atoms with Crippen LogP contribution in [0.3, 0.4) is 0 Å². The Balaban J connectivity index is 2.38. The van der Waals surface area contributed by atoms with E-state index >= 15 is 0 Å². The minimum absolute atomic E-state index is 0.274. The number of benzene rings is 1. The van der Waals surface area contributed by atoms with E-state index in [1.54, 1.807) is 12.1 Å². The van der Waals surface area contributed by atoms with Crippen molar-refractivity contribution >= 4 is 0 Å². The highest BCUT2D eigenvalue weighted by molar-refractivity contribution is 5.63. The smallest absolute Gasteiger partial charge is 0.138 e. The topological polar surface area (TPSA) is 52.0 Å². The average Bonchev–Trinajstić information content (AvgIpc) is 2.71. The molecular weight excluding hydrogens is 207 g/mol. The molecule has 0 unspecified atom stereocenters. The predicted molar refractivity (Wildman–Crippen MR) is 59.4 cm³/mol. The summed E-state index contributed by atoms with van der Waals surface area (Å²) >= 11 is 0. The highest BCUT2D eigenvalue weighted by atomic mass is 19.1. The van der Waals surface area contributed by atoms with Crippen molar-refractivity contribution in [1.82, 2.24) is 5.16 Å². The molecule has 0 amide bonds. The molecule has 0 saturated heterocycles. The van der Waals surface area contributed by atoms with Gasteiger partial charge in [0.05, 0.1) is 0 Å². The van der Waals surface area contributed by atoms with Gasteiger partial charge in [-0.05, 0) is 31.2 Å². The van der Waals surface area contributed by atoms with Crippen LogP contribution in [0, 0.1) is 12.7 Å². The molecule has 2 N–H and O–H groups in total. The molecule has 16 heavy (non-hydrogen) atoms. The average molecular weight is 220 g/mol. The number of hydrogen-bond acceptors (Lipinski definition) is 3. The van der Waals surface area contributed by atoms with Crippen molar-refractivity contribution < 1.29 is 8.91 Å². The minimum atomic E-state index is -0.274. The van der Waals surface area contributed by atoms with Crippen molar-refractivity contribution in [3.63, 3.8) is 0 Å². The number of hydrogen-bond donors (Lipinski definition) is 1. The summed E-state index contributed by atoms with van der Waals surface area (Å²) in [4.78, 5) is 0. The first kappa shape index (κ1) is 10.8. The number of halogens is 1. The van der Waals surface area contributed by atoms with E-state index in [0.717, 1.165) is 16.9 Å². The molecule has 0 bridgehead atoms. The van der Waals surface area contributed by atoms with Crippen molar-refractivity contribution in [2.45, 2.75) is 13.3 Å². The molecule has 0 atom stereocenters. The molecular formula is C12H13FN2O. The van der Waals surface area contributed by atoms with Gasteiger partial charge in [0.25, 0.3) is 0 Å². The van der Waals surface area contributed by atoms with E-state index in [2.05, 4.69) is 5.16 Å². The van der Waals surface area contributed by atoms with Gasteiger partial charge in [0, 0.05) is 18.1 Å². The maximum atomic E-state index is 13.1. The monoisotopic (exact) mass is 220 g/mol. The van der Waals surface area contributed by atoms with Gasteiger partial charge in [0.15, 0.2) is 0 Å². The third-order valence-corrected chi connectivity index (χ3v) is 2.43. The molecule has 1 aromatic heterocycles. The first-order valence-electron chi connectivity index (χ1n) is 5.13. The summed E-state index contributed by atoms with van der Waals surface area (Å²) in [7, 11) is 0. The second-order valence-corrected chi connectivity index (χ2v) is 3.68. The Bertz CT molecular complexity index is 494. The van der Waals surface area contributed by atoms with Crippen LogP contribution < -0.4 is 5.73 Å². The van der Waals surface area contributed by atoms with E-state index in [1.807, 2.05) is 6.92 Å². The van der Waals surface area contributed by atoms with Crippen LogP contribution in [0.25, 0.3) is 11.3 Å². The first-order chi connectivity index (χ1) is 7.70. The van der Waals surface area contributed by atoms with Gasteiger partial charge in [-0.1, -0.05) is 11.2 Å². The molecule has 0 aliphatic carbocycles. The Morgan fingerprint density at radius 1 is 1.38 bits per heavy atom. The second kappa shape index (κ2) is 4.45. The molecule has 4 heteroatoms. The standard InChI is InChI=1S/C12H13FN2O/c1-8-2-3-9(13)6-11(8)12-7-10(4-5-14)16-15-12/h2-3,6-7H,4-5,14H2,1H3. The molecule has 1 heterocycles. The number of nitrogens with zero attached hydrogens (tertiary/aromatic N) is 1. The lowest BCUT2D eigenvalue weighted by Crippen LogP contribution is -2.01. The largest absolute Gasteiger partial charge is 0.361 e. The number of aromatic nitrogens is 1. The van der Waals surface area contributed by atoms with E-state index in [-0.39, 0.29) is 5.82 Å². The quantitative estimate of drug-likeness (QED) is 0.863. The Morgan fingerprint density at radius 3 is 2.94 bits per heavy atom. The fourth-order valence-electron chi connectivity index (χ4n) is 1.57. The fraction of sp³-hybridized carbons (Fsp3) is 0.250. The van der Waals surface area contributed by atoms with Crippen LogP contribution >= 0.6 is 0 Å². The second-order valence-electron chi connectivity index (χ2n) is 3.68. The van der Waals surface area contributed by atoms with Crippen molar-refractivity contribution in [3.05, 3.63) is 41.4 Å². The Hall–Kier alpha value is -1.68. The maximum absolute atomic E-state index is 13.1. The van der Waals surface area contributed by atoms with Gasteiger partial charge in [0.2, 0.25) is 0 Å². The maximum Gasteiger partial charge on any atom is 0.138 e. The molecule has 0 aliphatic heterocycles. The SMILES string of the molecule is Cc1ccc(F)cc1-c1cc(CCN)on1. The van der Waals surface area contributed by atoms with Gasteiger partial charge in [-0.15, -0.1) is 0 Å². The number of aryl methyl sites for hydroxylation is 1. The summed E-state index contributed by atoms with van der Waals surface area (Å²) in [5, 5.41) is 3.91. The molecule has 0 fully saturated rings. The van der Waals surface area contributed by atoms with E-state index in [9.17, 15) is 4.39 Å². The highest BCUT2D eigenvalue weighted by Gasteiger charge is 2.09. The summed E-state index contributed by atoms with van der Waals surface area (Å²) in [5.74, 6) is 0.449. The van der Waals surface area contributed by atoms with Gasteiger partial charge >= 0.3 is 0 Å². The Kier molecular flexibility index (Phi) is 3.01. The highest BCUT2D eigenvalue weighted by Crippen LogP contribution is 2.23. The van der Waals surface area contributed by atoms with Crippen LogP contribution in [0.15, 0.2) is 28.8 Å². The third-order valence-electron chi connectivity index (χ3n) is 2.43. The van der Waals surface area contributed by atoms with Crippen LogP contribution in [0.5, 0.6) is 0 Å². The number of rotatable bonds is 3. The van der Waals surface area contributed by atoms with Crippen molar-refractivity contribution in [2.24, 2.45) is 5.73 Å². The summed E-state index contributed by atoms with van der Waals surface area (Å²) in [6.07, 6.45) is 0.640. The van der Waals surface area contributed by atoms with E-state index < -0.39 is 0 Å². The van der Waals surface area contributed by atoms with Crippen LogP contribution in [-0.2, 0) is 6.42 Å². The van der Waals surface area contributed by atoms with Crippen LogP contribution in [0.2, 0.25) is 0 Å². The summed E-state index contributed by atoms with van der Waals surface area (Å²) in [6.45, 7) is 2.42. The predicted octanol–water partition coefficient (Wildman–Crippen LogP) is 2.29. The molecule has 2 rings (SSSR count). The lowest BCUT2D eigenvalue weighted by atomic mass is 10.1. The van der Waals surface area contributed by atoms with Crippen LogP contribution in [0.4, 0.5) is 4.39 Å². The van der Waals surface area contributed by atoms with Gasteiger partial charge in [-0.25, -0.2) is 4.39 Å². The first-order valence-corrected chi connectivity index (χ1v) is 5.13. The van der Waals surface area contributed by atoms with Crippen LogP contribution in [-0.4, -0.2) is 11.7 Å². The molecule has 2 aromatic rings. The molecule has 1 aromatic carbocycles. The Morgan fingerprint density at radius 2 is 2.19 bits per heavy atom. The zero-order chi connectivity index (χ0) is 11.5. The molecule has 3 nitrogen and oxygen atoms in total. The van der Waals surface area contributed by atoms with Gasteiger partial charge < -0.3 is 10.3 Å². The summed E-state index contributed by atoms with van der Waals surface area (Å²) in [6, 6.07) is 6.41. The van der Waals surface area contributed by atoms with Gasteiger partial charge in [-0.2, -0.15) is 0 Å². The number of nitrogens with two attached hydrogens (primary N) is 1. The van der Waals surface area contributed by atoms with E-state index in [4.69, 9.17) is 10.3 Å². The molecule has 84 valence electrons. The van der Waals surface area contributed by atoms with Gasteiger partial charge in [0.1, 0.15) is 17.3 Å².